The van der Waals surface area contributed by atoms with Crippen LogP contribution >= 0.6 is 15.9 Å². The summed E-state index contributed by atoms with van der Waals surface area (Å²) in [6.45, 7) is 6.34. The highest BCUT2D eigenvalue weighted by Gasteiger charge is 2.18. The fourth-order valence-corrected chi connectivity index (χ4v) is 3.05. The van der Waals surface area contributed by atoms with Crippen LogP contribution in [0.15, 0.2) is 29.2 Å². The minimum absolute atomic E-state index is 0.218. The quantitative estimate of drug-likeness (QED) is 0.713. The minimum Gasteiger partial charge on any atom is -0.488 e. The summed E-state index contributed by atoms with van der Waals surface area (Å²) in [5, 5.41) is 0.895. The highest BCUT2D eigenvalue weighted by Crippen LogP contribution is 2.23. The van der Waals surface area contributed by atoms with E-state index in [1.54, 1.807) is 12.1 Å². The van der Waals surface area contributed by atoms with Crippen LogP contribution in [0.1, 0.15) is 27.2 Å². The topological polar surface area (TPSA) is 35.5 Å². The Morgan fingerprint density at radius 2 is 1.89 bits per heavy atom. The van der Waals surface area contributed by atoms with Gasteiger partial charge in [0.05, 0.1) is 11.5 Å². The molecule has 5 heteroatoms. The van der Waals surface area contributed by atoms with Gasteiger partial charge in [-0.25, -0.2) is 4.21 Å². The lowest BCUT2D eigenvalue weighted by molar-refractivity contribution is 0.107. The van der Waals surface area contributed by atoms with Crippen LogP contribution in [0.3, 0.4) is 0 Å². The van der Waals surface area contributed by atoms with Crippen LogP contribution in [-0.4, -0.2) is 21.7 Å². The molecule has 0 heterocycles. The van der Waals surface area contributed by atoms with Crippen molar-refractivity contribution in [1.29, 1.82) is 0 Å². The standard InChI is InChI=1S/C13H19BrO3S/c1-4-16-18(15)12-7-5-11(6-8-12)17-13(2,3)9-10-14/h5-8H,4,9-10H2,1-3H3. The van der Waals surface area contributed by atoms with Crippen LogP contribution < -0.4 is 4.74 Å². The van der Waals surface area contributed by atoms with Crippen molar-refractivity contribution >= 4 is 27.0 Å². The molecule has 0 aliphatic carbocycles. The maximum atomic E-state index is 11.6. The molecule has 3 nitrogen and oxygen atoms in total. The van der Waals surface area contributed by atoms with E-state index in [1.807, 2.05) is 32.9 Å². The van der Waals surface area contributed by atoms with E-state index < -0.39 is 11.1 Å². The van der Waals surface area contributed by atoms with Gasteiger partial charge in [0.2, 0.25) is 0 Å². The Morgan fingerprint density at radius 1 is 1.28 bits per heavy atom. The first-order valence-corrected chi connectivity index (χ1v) is 8.08. The van der Waals surface area contributed by atoms with E-state index in [0.717, 1.165) is 17.5 Å². The molecule has 18 heavy (non-hydrogen) atoms. The first kappa shape index (κ1) is 15.7. The van der Waals surface area contributed by atoms with Gasteiger partial charge in [-0.15, -0.1) is 0 Å². The van der Waals surface area contributed by atoms with Gasteiger partial charge in [-0.1, -0.05) is 15.9 Å². The van der Waals surface area contributed by atoms with Crippen LogP contribution in [0, 0.1) is 0 Å². The fraction of sp³-hybridized carbons (Fsp3) is 0.538. The van der Waals surface area contributed by atoms with E-state index >= 15 is 0 Å². The van der Waals surface area contributed by atoms with Crippen LogP contribution in [-0.2, 0) is 15.3 Å². The predicted octanol–water partition coefficient (Wildman–Crippen LogP) is 3.69. The molecular formula is C13H19BrO3S. The Bertz CT molecular complexity index is 390. The highest BCUT2D eigenvalue weighted by molar-refractivity contribution is 9.09. The van der Waals surface area contributed by atoms with E-state index in [4.69, 9.17) is 8.92 Å². The van der Waals surface area contributed by atoms with Gasteiger partial charge < -0.3 is 4.74 Å². The van der Waals surface area contributed by atoms with Crippen molar-refractivity contribution in [3.63, 3.8) is 0 Å². The molecule has 1 unspecified atom stereocenters. The molecular weight excluding hydrogens is 316 g/mol. The summed E-state index contributed by atoms with van der Waals surface area (Å²) in [6.07, 6.45) is 0.916. The van der Waals surface area contributed by atoms with Crippen molar-refractivity contribution < 1.29 is 13.1 Å². The number of hydrogen-bond acceptors (Lipinski definition) is 3. The zero-order chi connectivity index (χ0) is 13.6. The molecule has 0 aliphatic rings. The van der Waals surface area contributed by atoms with Gasteiger partial charge in [-0.3, -0.25) is 4.18 Å². The van der Waals surface area contributed by atoms with E-state index in [-0.39, 0.29) is 5.60 Å². The molecule has 0 saturated carbocycles. The van der Waals surface area contributed by atoms with Crippen molar-refractivity contribution in [3.05, 3.63) is 24.3 Å². The van der Waals surface area contributed by atoms with E-state index in [2.05, 4.69) is 15.9 Å². The summed E-state index contributed by atoms with van der Waals surface area (Å²) in [7, 11) is 0. The van der Waals surface area contributed by atoms with E-state index in [1.165, 1.54) is 0 Å². The van der Waals surface area contributed by atoms with E-state index in [9.17, 15) is 4.21 Å². The van der Waals surface area contributed by atoms with Crippen molar-refractivity contribution in [3.8, 4) is 5.75 Å². The molecule has 0 fully saturated rings. The monoisotopic (exact) mass is 334 g/mol. The second-order valence-electron chi connectivity index (χ2n) is 4.41. The third-order valence-corrected chi connectivity index (χ3v) is 3.84. The maximum Gasteiger partial charge on any atom is 0.189 e. The van der Waals surface area contributed by atoms with Crippen molar-refractivity contribution in [2.24, 2.45) is 0 Å². The van der Waals surface area contributed by atoms with Gasteiger partial charge in [0, 0.05) is 5.33 Å². The van der Waals surface area contributed by atoms with Gasteiger partial charge in [0.1, 0.15) is 11.4 Å². The summed E-state index contributed by atoms with van der Waals surface area (Å²) < 4.78 is 22.5. The number of alkyl halides is 1. The number of benzene rings is 1. The Kier molecular flexibility index (Phi) is 6.32. The van der Waals surface area contributed by atoms with Crippen LogP contribution in [0.25, 0.3) is 0 Å². The third-order valence-electron chi connectivity index (χ3n) is 2.33. The van der Waals surface area contributed by atoms with Gasteiger partial charge >= 0.3 is 0 Å². The molecule has 102 valence electrons. The largest absolute Gasteiger partial charge is 0.488 e. The first-order chi connectivity index (χ1) is 8.48. The lowest BCUT2D eigenvalue weighted by atomic mass is 10.1. The zero-order valence-corrected chi connectivity index (χ0v) is 13.3. The average Bonchev–Trinajstić information content (AvgIpc) is 2.29. The normalized spacial score (nSPS) is 13.3. The lowest BCUT2D eigenvalue weighted by Gasteiger charge is -2.25. The van der Waals surface area contributed by atoms with Crippen LogP contribution in [0.2, 0.25) is 0 Å². The third kappa shape index (κ3) is 5.08. The second-order valence-corrected chi connectivity index (χ2v) is 6.38. The Hall–Kier alpha value is -0.390. The Balaban J connectivity index is 2.68. The fourth-order valence-electron chi connectivity index (χ4n) is 1.39. The molecule has 0 N–H and O–H groups in total. The molecule has 0 radical (unpaired) electrons. The average molecular weight is 335 g/mol. The Labute approximate surface area is 120 Å². The molecule has 0 aromatic heterocycles. The summed E-state index contributed by atoms with van der Waals surface area (Å²) in [5.74, 6) is 0.776. The van der Waals surface area contributed by atoms with Crippen LogP contribution in [0.4, 0.5) is 0 Å². The maximum absolute atomic E-state index is 11.6. The molecule has 0 spiro atoms. The highest BCUT2D eigenvalue weighted by atomic mass is 79.9. The van der Waals surface area contributed by atoms with Gasteiger partial charge in [-0.2, -0.15) is 0 Å². The molecule has 1 aromatic carbocycles. The van der Waals surface area contributed by atoms with Gasteiger partial charge in [0.25, 0.3) is 0 Å². The molecule has 0 aliphatic heterocycles. The summed E-state index contributed by atoms with van der Waals surface area (Å²) >= 11 is 2.03. The van der Waals surface area contributed by atoms with Crippen molar-refractivity contribution in [2.75, 3.05) is 11.9 Å². The predicted molar refractivity (Wildman–Crippen MR) is 77.6 cm³/mol. The number of hydrogen-bond donors (Lipinski definition) is 0. The zero-order valence-electron chi connectivity index (χ0n) is 10.9. The number of halogens is 1. The van der Waals surface area contributed by atoms with Gasteiger partial charge in [-0.05, 0) is 51.5 Å². The van der Waals surface area contributed by atoms with Crippen LogP contribution in [0.5, 0.6) is 5.75 Å². The summed E-state index contributed by atoms with van der Waals surface area (Å²) in [6, 6.07) is 7.18. The SMILES string of the molecule is CCOS(=O)c1ccc(OC(C)(C)CCBr)cc1. The number of rotatable bonds is 7. The summed E-state index contributed by atoms with van der Waals surface area (Å²) in [5.41, 5.74) is -0.218. The van der Waals surface area contributed by atoms with Crippen molar-refractivity contribution in [1.82, 2.24) is 0 Å². The van der Waals surface area contributed by atoms with Crippen molar-refractivity contribution in [2.45, 2.75) is 37.7 Å². The lowest BCUT2D eigenvalue weighted by Crippen LogP contribution is -2.28. The minimum atomic E-state index is -1.38. The molecule has 1 rings (SSSR count). The summed E-state index contributed by atoms with van der Waals surface area (Å²) in [4.78, 5) is 0.655. The molecule has 1 aromatic rings. The van der Waals surface area contributed by atoms with E-state index in [0.29, 0.717) is 11.5 Å². The first-order valence-electron chi connectivity index (χ1n) is 5.88. The molecule has 0 bridgehead atoms. The van der Waals surface area contributed by atoms with Gasteiger partial charge in [0.15, 0.2) is 11.1 Å². The number of ether oxygens (including phenoxy) is 1. The molecule has 1 atom stereocenters. The Morgan fingerprint density at radius 3 is 2.39 bits per heavy atom. The second kappa shape index (κ2) is 7.26. The smallest absolute Gasteiger partial charge is 0.189 e. The molecule has 0 amide bonds. The molecule has 0 saturated heterocycles.